The van der Waals surface area contributed by atoms with Crippen molar-refractivity contribution >= 4 is 23.6 Å². The molecule has 192 valence electrons. The van der Waals surface area contributed by atoms with Crippen molar-refractivity contribution < 1.29 is 27.5 Å². The Morgan fingerprint density at radius 1 is 1.05 bits per heavy atom. The minimum atomic E-state index is -4.73. The number of pyridine rings is 1. The van der Waals surface area contributed by atoms with Crippen molar-refractivity contribution in [1.82, 2.24) is 9.58 Å². The first-order valence-corrected chi connectivity index (χ1v) is 12.4. The van der Waals surface area contributed by atoms with E-state index in [0.29, 0.717) is 10.7 Å². The lowest BCUT2D eigenvalue weighted by Gasteiger charge is -2.46. The fraction of sp³-hybridized carbons (Fsp3) is 0.269. The van der Waals surface area contributed by atoms with Gasteiger partial charge in [0.05, 0.1) is 6.04 Å². The third kappa shape index (κ3) is 4.37. The van der Waals surface area contributed by atoms with Gasteiger partial charge in [0.25, 0.3) is 5.91 Å². The summed E-state index contributed by atoms with van der Waals surface area (Å²) in [6.45, 7) is 1.52. The molecule has 0 spiro atoms. The van der Waals surface area contributed by atoms with Gasteiger partial charge in [-0.3, -0.25) is 24.1 Å². The summed E-state index contributed by atoms with van der Waals surface area (Å²) in [4.78, 5) is 39.6. The molecule has 0 N–H and O–H groups in total. The molecule has 2 aliphatic rings. The number of aromatic nitrogens is 1. The molecule has 1 aromatic heterocycles. The Morgan fingerprint density at radius 3 is 2.43 bits per heavy atom. The number of thioether (sulfide) groups is 1. The fourth-order valence-electron chi connectivity index (χ4n) is 4.68. The Labute approximate surface area is 214 Å². The molecule has 3 aromatic rings. The molecule has 0 radical (unpaired) electrons. The fourth-order valence-corrected chi connectivity index (χ4v) is 5.78. The van der Waals surface area contributed by atoms with Crippen LogP contribution in [0.5, 0.6) is 5.75 Å². The number of hydrogen-bond donors (Lipinski definition) is 0. The first-order valence-electron chi connectivity index (χ1n) is 11.5. The van der Waals surface area contributed by atoms with E-state index in [1.165, 1.54) is 10.9 Å². The van der Waals surface area contributed by atoms with Gasteiger partial charge in [0.2, 0.25) is 11.2 Å². The topological polar surface area (TPSA) is 71.8 Å². The molecule has 7 nitrogen and oxygen atoms in total. The lowest BCUT2D eigenvalue weighted by molar-refractivity contribution is -0.173. The highest BCUT2D eigenvalue weighted by Crippen LogP contribution is 2.43. The zero-order chi connectivity index (χ0) is 26.5. The lowest BCUT2D eigenvalue weighted by atomic mass is 9.94. The second kappa shape index (κ2) is 9.29. The van der Waals surface area contributed by atoms with Crippen LogP contribution in [0.1, 0.15) is 47.1 Å². The van der Waals surface area contributed by atoms with Gasteiger partial charge in [-0.1, -0.05) is 42.5 Å². The van der Waals surface area contributed by atoms with E-state index in [0.717, 1.165) is 41.5 Å². The van der Waals surface area contributed by atoms with Crippen molar-refractivity contribution in [3.8, 4) is 5.75 Å². The summed E-state index contributed by atoms with van der Waals surface area (Å²) >= 11 is 1.61. The van der Waals surface area contributed by atoms with Gasteiger partial charge >= 0.3 is 12.1 Å². The van der Waals surface area contributed by atoms with E-state index in [-0.39, 0.29) is 0 Å². The molecule has 0 saturated carbocycles. The monoisotopic (exact) mass is 529 g/mol. The van der Waals surface area contributed by atoms with E-state index < -0.39 is 53.7 Å². The number of benzene rings is 2. The van der Waals surface area contributed by atoms with Gasteiger partial charge in [0.1, 0.15) is 12.7 Å². The van der Waals surface area contributed by atoms with Crippen molar-refractivity contribution in [3.05, 3.63) is 93.4 Å². The predicted molar refractivity (Wildman–Crippen MR) is 131 cm³/mol. The molecule has 11 heteroatoms. The zero-order valence-electron chi connectivity index (χ0n) is 19.9. The summed E-state index contributed by atoms with van der Waals surface area (Å²) in [5, 5.41) is 1.61. The largest absolute Gasteiger partial charge is 0.420 e. The van der Waals surface area contributed by atoms with E-state index in [9.17, 15) is 27.6 Å². The molecule has 3 heterocycles. The molecule has 0 bridgehead atoms. The predicted octanol–water partition coefficient (Wildman–Crippen LogP) is 4.47. The first kappa shape index (κ1) is 24.9. The van der Waals surface area contributed by atoms with Crippen LogP contribution < -0.4 is 15.2 Å². The minimum Gasteiger partial charge on any atom is -0.420 e. The summed E-state index contributed by atoms with van der Waals surface area (Å²) < 4.78 is 48.2. The van der Waals surface area contributed by atoms with E-state index in [4.69, 9.17) is 4.74 Å². The van der Waals surface area contributed by atoms with E-state index in [1.807, 2.05) is 48.5 Å². The quantitative estimate of drug-likeness (QED) is 0.467. The van der Waals surface area contributed by atoms with Crippen molar-refractivity contribution in [3.63, 3.8) is 0 Å². The van der Waals surface area contributed by atoms with Gasteiger partial charge in [-0.25, -0.2) is 0 Å². The third-order valence-electron chi connectivity index (χ3n) is 6.50. The second-order valence-electron chi connectivity index (χ2n) is 8.80. The normalized spacial score (nSPS) is 17.9. The molecule has 37 heavy (non-hydrogen) atoms. The van der Waals surface area contributed by atoms with Crippen molar-refractivity contribution in [1.29, 1.82) is 0 Å². The van der Waals surface area contributed by atoms with Gasteiger partial charge in [0, 0.05) is 29.8 Å². The highest BCUT2D eigenvalue weighted by molar-refractivity contribution is 7.98. The number of amides is 1. The molecule has 2 aromatic carbocycles. The molecule has 0 saturated heterocycles. The minimum absolute atomic E-state index is 0.424. The lowest BCUT2D eigenvalue weighted by Crippen LogP contribution is -2.60. The summed E-state index contributed by atoms with van der Waals surface area (Å²) in [6, 6.07) is 13.6. The number of halogens is 3. The van der Waals surface area contributed by atoms with E-state index in [1.54, 1.807) is 16.8 Å². The molecule has 2 aliphatic heterocycles. The Kier molecular flexibility index (Phi) is 6.26. The van der Waals surface area contributed by atoms with Crippen LogP contribution in [0.25, 0.3) is 0 Å². The number of ether oxygens (including phenoxy) is 1. The zero-order valence-corrected chi connectivity index (χ0v) is 20.7. The Hall–Kier alpha value is -3.73. The number of nitrogens with zero attached hydrogens (tertiary/aromatic N) is 3. The summed E-state index contributed by atoms with van der Waals surface area (Å²) in [5.41, 5.74) is 1.46. The smallest absolute Gasteiger partial charge is 0.408 e. The maximum Gasteiger partial charge on any atom is 0.408 e. The number of rotatable bonds is 3. The van der Waals surface area contributed by atoms with Crippen LogP contribution in [0, 0.1) is 0 Å². The number of alkyl halides is 3. The summed E-state index contributed by atoms with van der Waals surface area (Å²) in [7, 11) is 0. The van der Waals surface area contributed by atoms with Crippen LogP contribution in [-0.2, 0) is 10.5 Å². The molecule has 0 fully saturated rings. The van der Waals surface area contributed by atoms with Gasteiger partial charge in [-0.15, -0.1) is 11.8 Å². The molecule has 0 unspecified atom stereocenters. The number of fused-ring (bicyclic) bond motifs is 3. The number of esters is 1. The summed E-state index contributed by atoms with van der Waals surface area (Å²) in [6.07, 6.45) is -3.39. The first-order chi connectivity index (χ1) is 17.6. The van der Waals surface area contributed by atoms with Crippen LogP contribution in [-0.4, -0.2) is 40.3 Å². The van der Waals surface area contributed by atoms with Crippen LogP contribution in [0.2, 0.25) is 0 Å². The van der Waals surface area contributed by atoms with Gasteiger partial charge in [-0.05, 0) is 29.7 Å². The van der Waals surface area contributed by atoms with E-state index in [2.05, 4.69) is 0 Å². The van der Waals surface area contributed by atoms with Crippen molar-refractivity contribution in [2.75, 3.05) is 11.7 Å². The molecule has 1 amide bonds. The average molecular weight is 530 g/mol. The number of carbonyl (C=O) groups is 2. The molecule has 2 atom stereocenters. The standard InChI is InChI=1S/C26H22F3N3O4S/c1-15(26(27,28)29)30-14-32(31-12-11-20(34)24(36-16(2)33)23(31)25(30)35)22-18-8-4-3-7-17(18)13-37-21-10-6-5-9-19(21)22/h3-12,15,22H,13-14H2,1-2H3/t15-,22-/m0/s1. The van der Waals surface area contributed by atoms with Crippen LogP contribution in [0.4, 0.5) is 13.2 Å². The van der Waals surface area contributed by atoms with Crippen LogP contribution in [0.3, 0.4) is 0 Å². The third-order valence-corrected chi connectivity index (χ3v) is 7.64. The number of carbonyl (C=O) groups excluding carboxylic acids is 2. The van der Waals surface area contributed by atoms with Gasteiger partial charge in [0.15, 0.2) is 5.69 Å². The molecular formula is C26H22F3N3O4S. The average Bonchev–Trinajstić information content (AvgIpc) is 3.02. The molecular weight excluding hydrogens is 507 g/mol. The Bertz CT molecular complexity index is 1410. The van der Waals surface area contributed by atoms with E-state index >= 15 is 0 Å². The Morgan fingerprint density at radius 2 is 1.73 bits per heavy atom. The van der Waals surface area contributed by atoms with Crippen molar-refractivity contribution in [2.45, 2.75) is 42.8 Å². The summed E-state index contributed by atoms with van der Waals surface area (Å²) in [5.74, 6) is -1.88. The SMILES string of the molecule is CC(=O)Oc1c2n(ccc1=O)N([C@H]1c3ccccc3CSc3ccccc31)CN([C@@H](C)C(F)(F)F)C2=O. The van der Waals surface area contributed by atoms with Crippen molar-refractivity contribution in [2.24, 2.45) is 0 Å². The Balaban J connectivity index is 1.79. The number of hydrogen-bond acceptors (Lipinski definition) is 6. The maximum atomic E-state index is 13.9. The molecule has 0 aliphatic carbocycles. The second-order valence-corrected chi connectivity index (χ2v) is 9.81. The van der Waals surface area contributed by atoms with Gasteiger partial charge < -0.3 is 9.64 Å². The highest BCUT2D eigenvalue weighted by Gasteiger charge is 2.48. The van der Waals surface area contributed by atoms with Crippen LogP contribution >= 0.6 is 11.8 Å². The van der Waals surface area contributed by atoms with Crippen LogP contribution in [0.15, 0.2) is 70.5 Å². The highest BCUT2D eigenvalue weighted by atomic mass is 32.2. The van der Waals surface area contributed by atoms with Gasteiger partial charge in [-0.2, -0.15) is 13.2 Å². The maximum absolute atomic E-state index is 13.9. The molecule has 5 rings (SSSR count).